The largest absolute Gasteiger partial charge is 0.481 e. The minimum Gasteiger partial charge on any atom is -0.481 e. The molecule has 0 aromatic heterocycles. The standard InChI is InChI=1S/C43H66O15/c1-38(2)24-9-12-43(7)33(22(45)17-20-21-18-40(4,37(52)53)14-13-39(21,3)15-16-42(20,43)6)41(24,5)11-10-25(38)56-36-30(50)31(29(49)32(58-36)34(51)54-8)57-35-28(48)27(47)26(46)23(19-44)55-35/h17,21,23-33,35-36,44,46-50H,9-16,18-19H2,1-8H3,(H,52,53)/t21-,23+,24-,25-,26+,27-,28+,29-,30+,31-,32-,33+,35-,36+,39+,40-,41-,42+,43+/m0/s1. The average Bonchev–Trinajstić information content (AvgIpc) is 3.16. The van der Waals surface area contributed by atoms with Gasteiger partial charge in [-0.1, -0.05) is 47.1 Å². The average molecular weight is 823 g/mol. The maximum Gasteiger partial charge on any atom is 0.337 e. The highest BCUT2D eigenvalue weighted by Gasteiger charge is 2.71. The molecule has 2 heterocycles. The normalized spacial score (nSPS) is 52.6. The van der Waals surface area contributed by atoms with Crippen molar-refractivity contribution in [3.8, 4) is 0 Å². The predicted molar refractivity (Wildman–Crippen MR) is 203 cm³/mol. The lowest BCUT2D eigenvalue weighted by atomic mass is 9.33. The van der Waals surface area contributed by atoms with Gasteiger partial charge in [0.15, 0.2) is 24.5 Å². The number of fused-ring (bicyclic) bond motifs is 7. The second kappa shape index (κ2) is 14.8. The molecule has 2 saturated heterocycles. The zero-order valence-electron chi connectivity index (χ0n) is 35.1. The van der Waals surface area contributed by atoms with Crippen LogP contribution in [0.25, 0.3) is 0 Å². The van der Waals surface area contributed by atoms with E-state index in [-0.39, 0.29) is 39.8 Å². The van der Waals surface area contributed by atoms with Gasteiger partial charge in [-0.05, 0) is 110 Å². The van der Waals surface area contributed by atoms with Crippen molar-refractivity contribution >= 4 is 17.7 Å². The van der Waals surface area contributed by atoms with E-state index in [9.17, 15) is 50.1 Å². The third-order valence-electron chi connectivity index (χ3n) is 17.4. The fraction of sp³-hybridized carbons (Fsp3) is 0.884. The summed E-state index contributed by atoms with van der Waals surface area (Å²) in [6.07, 6.45) is -8.92. The monoisotopic (exact) mass is 822 g/mol. The highest BCUT2D eigenvalue weighted by molar-refractivity contribution is 5.95. The Labute approximate surface area is 340 Å². The van der Waals surface area contributed by atoms with Gasteiger partial charge < -0.3 is 59.4 Å². The molecule has 0 bridgehead atoms. The summed E-state index contributed by atoms with van der Waals surface area (Å²) in [5.74, 6) is -1.93. The van der Waals surface area contributed by atoms with Crippen LogP contribution in [-0.4, -0.2) is 135 Å². The molecule has 6 fully saturated rings. The van der Waals surface area contributed by atoms with Gasteiger partial charge in [-0.2, -0.15) is 0 Å². The van der Waals surface area contributed by atoms with Crippen molar-refractivity contribution in [3.63, 3.8) is 0 Å². The molecule has 15 heteroatoms. The van der Waals surface area contributed by atoms with Gasteiger partial charge in [0, 0.05) is 5.92 Å². The number of hydrogen-bond acceptors (Lipinski definition) is 14. The molecule has 2 aliphatic heterocycles. The summed E-state index contributed by atoms with van der Waals surface area (Å²) in [5, 5.41) is 74.1. The van der Waals surface area contributed by atoms with E-state index < -0.39 is 102 Å². The summed E-state index contributed by atoms with van der Waals surface area (Å²) >= 11 is 0. The van der Waals surface area contributed by atoms with Crippen molar-refractivity contribution in [2.75, 3.05) is 13.7 Å². The first kappa shape index (κ1) is 44.0. The first-order valence-electron chi connectivity index (χ1n) is 21.1. The Morgan fingerprint density at radius 3 is 2.09 bits per heavy atom. The molecule has 7 N–H and O–H groups in total. The highest BCUT2D eigenvalue weighted by Crippen LogP contribution is 2.75. The molecule has 0 aromatic rings. The molecule has 4 saturated carbocycles. The van der Waals surface area contributed by atoms with Crippen LogP contribution in [0.5, 0.6) is 0 Å². The van der Waals surface area contributed by atoms with E-state index in [0.717, 1.165) is 44.8 Å². The summed E-state index contributed by atoms with van der Waals surface area (Å²) in [5.41, 5.74) is -1.46. The van der Waals surface area contributed by atoms with Crippen molar-refractivity contribution in [1.29, 1.82) is 0 Å². The van der Waals surface area contributed by atoms with E-state index in [1.807, 2.05) is 13.0 Å². The Bertz CT molecular complexity index is 1660. The number of carboxylic acid groups (broad SMARTS) is 1. The number of aliphatic hydroxyl groups excluding tert-OH is 6. The second-order valence-electron chi connectivity index (χ2n) is 20.8. The fourth-order valence-electron chi connectivity index (χ4n) is 13.5. The Kier molecular flexibility index (Phi) is 11.2. The summed E-state index contributed by atoms with van der Waals surface area (Å²) in [7, 11) is 1.11. The number of aliphatic hydroxyl groups is 6. The molecule has 0 unspecified atom stereocenters. The highest BCUT2D eigenvalue weighted by atomic mass is 16.7. The number of carbonyl (C=O) groups excluding carboxylic acids is 2. The van der Waals surface area contributed by atoms with Crippen LogP contribution in [0, 0.1) is 50.2 Å². The zero-order chi connectivity index (χ0) is 42.7. The molecule has 58 heavy (non-hydrogen) atoms. The lowest BCUT2D eigenvalue weighted by Crippen LogP contribution is -2.68. The number of ether oxygens (including phenoxy) is 5. The fourth-order valence-corrected chi connectivity index (χ4v) is 13.5. The number of allylic oxidation sites excluding steroid dienone is 2. The molecule has 7 rings (SSSR count). The summed E-state index contributed by atoms with van der Waals surface area (Å²) in [6, 6.07) is 0. The molecule has 0 aromatic carbocycles. The van der Waals surface area contributed by atoms with Crippen LogP contribution >= 0.6 is 0 Å². The first-order valence-corrected chi connectivity index (χ1v) is 21.1. The maximum absolute atomic E-state index is 14.8. The van der Waals surface area contributed by atoms with Crippen LogP contribution in [0.4, 0.5) is 0 Å². The number of esters is 1. The Balaban J connectivity index is 1.15. The number of aliphatic carboxylic acids is 1. The molecular weight excluding hydrogens is 756 g/mol. The van der Waals surface area contributed by atoms with Crippen molar-refractivity contribution in [2.45, 2.75) is 174 Å². The van der Waals surface area contributed by atoms with Crippen LogP contribution in [-0.2, 0) is 38.1 Å². The SMILES string of the molecule is COC(=O)[C@H]1O[C@@H](O[C@H]2CC[C@]3(C)[C@H]4C(=O)C=C5[C@@H]6C[C@@](C)(C(=O)O)CC[C@]6(C)CC[C@@]5(C)[C@]4(C)CC[C@H]3C2(C)C)[C@H](O)[C@@H](O[C@@H]2O[C@H](CO)[C@@H](O)[C@H](O)[C@H]2O)[C@@H]1O. The minimum atomic E-state index is -1.84. The number of carbonyl (C=O) groups is 3. The van der Waals surface area contributed by atoms with Gasteiger partial charge in [0.2, 0.25) is 0 Å². The molecule has 19 atom stereocenters. The lowest BCUT2D eigenvalue weighted by molar-refractivity contribution is -0.365. The van der Waals surface area contributed by atoms with Gasteiger partial charge in [-0.3, -0.25) is 9.59 Å². The van der Waals surface area contributed by atoms with Crippen LogP contribution in [0.3, 0.4) is 0 Å². The number of ketones is 1. The van der Waals surface area contributed by atoms with E-state index in [0.29, 0.717) is 25.7 Å². The molecule has 0 amide bonds. The van der Waals surface area contributed by atoms with E-state index in [1.165, 1.54) is 0 Å². The smallest absolute Gasteiger partial charge is 0.337 e. The van der Waals surface area contributed by atoms with Crippen LogP contribution in [0.15, 0.2) is 11.6 Å². The van der Waals surface area contributed by atoms with E-state index >= 15 is 0 Å². The molecule has 15 nitrogen and oxygen atoms in total. The number of hydrogen-bond donors (Lipinski definition) is 7. The van der Waals surface area contributed by atoms with Crippen molar-refractivity contribution < 1.29 is 73.8 Å². The summed E-state index contributed by atoms with van der Waals surface area (Å²) in [4.78, 5) is 40.3. The van der Waals surface area contributed by atoms with E-state index in [2.05, 4.69) is 41.5 Å². The molecule has 7 aliphatic rings. The van der Waals surface area contributed by atoms with Gasteiger partial charge in [-0.15, -0.1) is 0 Å². The van der Waals surface area contributed by atoms with E-state index in [4.69, 9.17) is 23.7 Å². The Morgan fingerprint density at radius 2 is 1.45 bits per heavy atom. The van der Waals surface area contributed by atoms with Crippen molar-refractivity contribution in [3.05, 3.63) is 11.6 Å². The van der Waals surface area contributed by atoms with Gasteiger partial charge >= 0.3 is 11.9 Å². The van der Waals surface area contributed by atoms with E-state index in [1.54, 1.807) is 0 Å². The molecular formula is C43H66O15. The topological polar surface area (TPSA) is 239 Å². The Hall–Kier alpha value is -2.05. The Morgan fingerprint density at radius 1 is 0.793 bits per heavy atom. The molecule has 328 valence electrons. The first-order chi connectivity index (χ1) is 26.9. The van der Waals surface area contributed by atoms with Gasteiger partial charge in [0.05, 0.1) is 25.2 Å². The lowest BCUT2D eigenvalue weighted by Gasteiger charge is -2.70. The minimum absolute atomic E-state index is 0.0108. The van der Waals surface area contributed by atoms with Crippen LogP contribution in [0.1, 0.15) is 106 Å². The predicted octanol–water partition coefficient (Wildman–Crippen LogP) is 2.24. The van der Waals surface area contributed by atoms with Gasteiger partial charge in [0.1, 0.15) is 42.7 Å². The van der Waals surface area contributed by atoms with Crippen LogP contribution < -0.4 is 0 Å². The number of carboxylic acids is 1. The quantitative estimate of drug-likeness (QED) is 0.144. The molecule has 0 radical (unpaired) electrons. The number of rotatable bonds is 7. The third-order valence-corrected chi connectivity index (χ3v) is 17.4. The van der Waals surface area contributed by atoms with Crippen molar-refractivity contribution in [2.24, 2.45) is 50.2 Å². The molecule has 0 spiro atoms. The second-order valence-corrected chi connectivity index (χ2v) is 20.8. The van der Waals surface area contributed by atoms with Gasteiger partial charge in [-0.25, -0.2) is 4.79 Å². The number of methoxy groups -OCH3 is 1. The maximum atomic E-state index is 14.8. The third kappa shape index (κ3) is 6.38. The summed E-state index contributed by atoms with van der Waals surface area (Å²) in [6.45, 7) is 14.4. The summed E-state index contributed by atoms with van der Waals surface area (Å²) < 4.78 is 28.7. The van der Waals surface area contributed by atoms with Crippen molar-refractivity contribution in [1.82, 2.24) is 0 Å². The van der Waals surface area contributed by atoms with Crippen LogP contribution in [0.2, 0.25) is 0 Å². The molecule has 5 aliphatic carbocycles. The van der Waals surface area contributed by atoms with Gasteiger partial charge in [0.25, 0.3) is 0 Å². The zero-order valence-corrected chi connectivity index (χ0v) is 35.1.